The lowest BCUT2D eigenvalue weighted by molar-refractivity contribution is 0.467. The minimum absolute atomic E-state index is 0.0432. The van der Waals surface area contributed by atoms with Gasteiger partial charge in [0.1, 0.15) is 5.75 Å². The Labute approximate surface area is 120 Å². The second-order valence-corrected chi connectivity index (χ2v) is 6.59. The number of phenolic OH excluding ortho intramolecular Hbond substituents is 1. The Hall–Kier alpha value is -1.37. The quantitative estimate of drug-likeness (QED) is 0.898. The number of phenols is 1. The molecule has 0 fully saturated rings. The molecule has 0 aliphatic rings. The SMILES string of the molecule is O=S(=O)(NCc1ccccc1O)c1cccc(Br)c1. The number of hydrogen-bond donors (Lipinski definition) is 2. The van der Waals surface area contributed by atoms with Crippen molar-refractivity contribution in [3.8, 4) is 5.75 Å². The molecular weight excluding hydrogens is 330 g/mol. The molecule has 2 aromatic rings. The van der Waals surface area contributed by atoms with Gasteiger partial charge in [-0.2, -0.15) is 0 Å². The third kappa shape index (κ3) is 3.56. The summed E-state index contributed by atoms with van der Waals surface area (Å²) in [6, 6.07) is 13.0. The average molecular weight is 342 g/mol. The maximum atomic E-state index is 12.1. The maximum Gasteiger partial charge on any atom is 0.240 e. The Morgan fingerprint density at radius 2 is 1.84 bits per heavy atom. The summed E-state index contributed by atoms with van der Waals surface area (Å²) in [6.45, 7) is 0.0432. The van der Waals surface area contributed by atoms with Crippen LogP contribution >= 0.6 is 15.9 Å². The van der Waals surface area contributed by atoms with E-state index >= 15 is 0 Å². The lowest BCUT2D eigenvalue weighted by Crippen LogP contribution is -2.23. The Morgan fingerprint density at radius 1 is 1.11 bits per heavy atom. The highest BCUT2D eigenvalue weighted by Gasteiger charge is 2.14. The van der Waals surface area contributed by atoms with Gasteiger partial charge in [0.2, 0.25) is 10.0 Å². The van der Waals surface area contributed by atoms with E-state index in [1.165, 1.54) is 18.2 Å². The maximum absolute atomic E-state index is 12.1. The van der Waals surface area contributed by atoms with Gasteiger partial charge in [0.15, 0.2) is 0 Å². The predicted molar refractivity (Wildman–Crippen MR) is 76.3 cm³/mol. The second kappa shape index (κ2) is 5.73. The molecule has 0 bridgehead atoms. The number of aromatic hydroxyl groups is 1. The molecule has 19 heavy (non-hydrogen) atoms. The Balaban J connectivity index is 2.17. The molecule has 0 unspecified atom stereocenters. The molecule has 0 aromatic heterocycles. The van der Waals surface area contributed by atoms with Crippen LogP contribution in [-0.4, -0.2) is 13.5 Å². The molecule has 6 heteroatoms. The normalized spacial score (nSPS) is 11.4. The summed E-state index contributed by atoms with van der Waals surface area (Å²) in [6.07, 6.45) is 0. The second-order valence-electron chi connectivity index (χ2n) is 3.91. The minimum atomic E-state index is -3.59. The molecule has 0 spiro atoms. The lowest BCUT2D eigenvalue weighted by Gasteiger charge is -2.08. The number of hydrogen-bond acceptors (Lipinski definition) is 3. The van der Waals surface area contributed by atoms with Crippen LogP contribution in [0.3, 0.4) is 0 Å². The van der Waals surface area contributed by atoms with Crippen LogP contribution in [-0.2, 0) is 16.6 Å². The standard InChI is InChI=1S/C13H12BrNO3S/c14-11-5-3-6-12(8-11)19(17,18)15-9-10-4-1-2-7-13(10)16/h1-8,15-16H,9H2. The van der Waals surface area contributed by atoms with Gasteiger partial charge in [-0.15, -0.1) is 0 Å². The molecule has 4 nitrogen and oxygen atoms in total. The van der Waals surface area contributed by atoms with Crippen molar-refractivity contribution in [2.24, 2.45) is 0 Å². The van der Waals surface area contributed by atoms with Gasteiger partial charge in [0, 0.05) is 16.6 Å². The van der Waals surface area contributed by atoms with Crippen LogP contribution in [0.2, 0.25) is 0 Å². The van der Waals surface area contributed by atoms with Crippen molar-refractivity contribution in [3.05, 3.63) is 58.6 Å². The van der Waals surface area contributed by atoms with Crippen LogP contribution in [0.4, 0.5) is 0 Å². The molecule has 0 saturated heterocycles. The van der Waals surface area contributed by atoms with E-state index in [0.29, 0.717) is 10.0 Å². The molecule has 0 aliphatic heterocycles. The highest BCUT2D eigenvalue weighted by atomic mass is 79.9. The number of nitrogens with one attached hydrogen (secondary N) is 1. The molecule has 0 saturated carbocycles. The zero-order valence-corrected chi connectivity index (χ0v) is 12.3. The summed E-state index contributed by atoms with van der Waals surface area (Å²) in [5, 5.41) is 9.58. The smallest absolute Gasteiger partial charge is 0.240 e. The molecule has 2 N–H and O–H groups in total. The van der Waals surface area contributed by atoms with Crippen LogP contribution in [0.5, 0.6) is 5.75 Å². The zero-order chi connectivity index (χ0) is 13.9. The van der Waals surface area contributed by atoms with Gasteiger partial charge in [-0.3, -0.25) is 0 Å². The molecule has 0 aliphatic carbocycles. The van der Waals surface area contributed by atoms with Crippen molar-refractivity contribution < 1.29 is 13.5 Å². The molecule has 0 heterocycles. The monoisotopic (exact) mass is 341 g/mol. The number of sulfonamides is 1. The first-order valence-corrected chi connectivity index (χ1v) is 7.79. The van der Waals surface area contributed by atoms with E-state index in [1.807, 2.05) is 0 Å². The molecule has 100 valence electrons. The van der Waals surface area contributed by atoms with E-state index in [1.54, 1.807) is 30.3 Å². The van der Waals surface area contributed by atoms with Gasteiger partial charge in [0.05, 0.1) is 4.90 Å². The third-order valence-corrected chi connectivity index (χ3v) is 4.44. The molecule has 2 aromatic carbocycles. The Morgan fingerprint density at radius 3 is 2.53 bits per heavy atom. The molecule has 0 atom stereocenters. The van der Waals surface area contributed by atoms with Gasteiger partial charge < -0.3 is 5.11 Å². The van der Waals surface area contributed by atoms with Gasteiger partial charge >= 0.3 is 0 Å². The highest BCUT2D eigenvalue weighted by Crippen LogP contribution is 2.18. The fourth-order valence-electron chi connectivity index (χ4n) is 1.55. The van der Waals surface area contributed by atoms with Crippen molar-refractivity contribution in [2.45, 2.75) is 11.4 Å². The first-order valence-electron chi connectivity index (χ1n) is 5.51. The summed E-state index contributed by atoms with van der Waals surface area (Å²) in [7, 11) is -3.59. The zero-order valence-electron chi connectivity index (χ0n) is 9.88. The minimum Gasteiger partial charge on any atom is -0.508 e. The van der Waals surface area contributed by atoms with Crippen molar-refractivity contribution in [1.82, 2.24) is 4.72 Å². The summed E-state index contributed by atoms with van der Waals surface area (Å²) in [5.41, 5.74) is 0.529. The van der Waals surface area contributed by atoms with E-state index in [-0.39, 0.29) is 17.2 Å². The molecule has 0 amide bonds. The lowest BCUT2D eigenvalue weighted by atomic mass is 10.2. The largest absolute Gasteiger partial charge is 0.508 e. The fourth-order valence-corrected chi connectivity index (χ4v) is 3.15. The van der Waals surface area contributed by atoms with E-state index in [0.717, 1.165) is 0 Å². The van der Waals surface area contributed by atoms with Crippen molar-refractivity contribution in [2.75, 3.05) is 0 Å². The Bertz CT molecular complexity index is 686. The Kier molecular flexibility index (Phi) is 4.24. The van der Waals surface area contributed by atoms with Gasteiger partial charge in [-0.1, -0.05) is 40.2 Å². The van der Waals surface area contributed by atoms with Crippen LogP contribution in [0, 0.1) is 0 Å². The van der Waals surface area contributed by atoms with Crippen molar-refractivity contribution in [3.63, 3.8) is 0 Å². The first-order chi connectivity index (χ1) is 8.99. The first kappa shape index (κ1) is 14.0. The van der Waals surface area contributed by atoms with Crippen LogP contribution in [0.15, 0.2) is 57.9 Å². The predicted octanol–water partition coefficient (Wildman–Crippen LogP) is 2.63. The average Bonchev–Trinajstić information content (AvgIpc) is 2.38. The van der Waals surface area contributed by atoms with E-state index in [4.69, 9.17) is 0 Å². The van der Waals surface area contributed by atoms with E-state index in [9.17, 15) is 13.5 Å². The van der Waals surface area contributed by atoms with Crippen LogP contribution in [0.25, 0.3) is 0 Å². The number of para-hydroxylation sites is 1. The van der Waals surface area contributed by atoms with Crippen molar-refractivity contribution >= 4 is 26.0 Å². The third-order valence-electron chi connectivity index (χ3n) is 2.55. The summed E-state index contributed by atoms with van der Waals surface area (Å²) >= 11 is 3.23. The van der Waals surface area contributed by atoms with Crippen LogP contribution < -0.4 is 4.72 Å². The molecule has 0 radical (unpaired) electrons. The van der Waals surface area contributed by atoms with Crippen molar-refractivity contribution in [1.29, 1.82) is 0 Å². The number of rotatable bonds is 4. The molecule has 2 rings (SSSR count). The number of halogens is 1. The van der Waals surface area contributed by atoms with E-state index in [2.05, 4.69) is 20.7 Å². The van der Waals surface area contributed by atoms with Gasteiger partial charge in [-0.05, 0) is 24.3 Å². The topological polar surface area (TPSA) is 66.4 Å². The molecular formula is C13H12BrNO3S. The van der Waals surface area contributed by atoms with E-state index < -0.39 is 10.0 Å². The fraction of sp³-hybridized carbons (Fsp3) is 0.0769. The van der Waals surface area contributed by atoms with Gasteiger partial charge in [-0.25, -0.2) is 13.1 Å². The summed E-state index contributed by atoms with van der Waals surface area (Å²) in [5.74, 6) is 0.0689. The van der Waals surface area contributed by atoms with Gasteiger partial charge in [0.25, 0.3) is 0 Å². The summed E-state index contributed by atoms with van der Waals surface area (Å²) < 4.78 is 27.3. The van der Waals surface area contributed by atoms with Crippen LogP contribution in [0.1, 0.15) is 5.56 Å². The highest BCUT2D eigenvalue weighted by molar-refractivity contribution is 9.10. The summed E-state index contributed by atoms with van der Waals surface area (Å²) in [4.78, 5) is 0.178. The number of benzene rings is 2.